The number of allylic oxidation sites excluding steroid dienone is 1. The van der Waals surface area contributed by atoms with E-state index in [-0.39, 0.29) is 0 Å². The molecule has 0 amide bonds. The number of alkyl halides is 3. The van der Waals surface area contributed by atoms with Gasteiger partial charge in [-0.25, -0.2) is 18.4 Å². The molecule has 0 aliphatic carbocycles. The Balaban J connectivity index is 1.87. The van der Waals surface area contributed by atoms with Gasteiger partial charge in [-0.05, 0) is 35.4 Å². The first-order valence-corrected chi connectivity index (χ1v) is 7.49. The van der Waals surface area contributed by atoms with Crippen molar-refractivity contribution >= 4 is 6.08 Å². The monoisotopic (exact) mass is 365 g/mol. The maximum Gasteiger partial charge on any atom is 0.399 e. The van der Waals surface area contributed by atoms with Crippen LogP contribution in [0, 0.1) is 11.6 Å². The summed E-state index contributed by atoms with van der Waals surface area (Å²) in [5.74, 6) is -4.23. The third-order valence-electron chi connectivity index (χ3n) is 3.65. The van der Waals surface area contributed by atoms with Gasteiger partial charge in [-0.3, -0.25) is 0 Å². The van der Waals surface area contributed by atoms with Crippen LogP contribution in [0.3, 0.4) is 0 Å². The van der Waals surface area contributed by atoms with E-state index in [2.05, 4.69) is 10.1 Å². The molecule has 0 bridgehead atoms. The second-order valence-corrected chi connectivity index (χ2v) is 5.51. The van der Waals surface area contributed by atoms with Gasteiger partial charge in [0.1, 0.15) is 24.3 Å². The summed E-state index contributed by atoms with van der Waals surface area (Å²) in [6.45, 7) is 0. The molecular weight excluding hydrogens is 353 g/mol. The zero-order valence-corrected chi connectivity index (χ0v) is 13.2. The van der Waals surface area contributed by atoms with E-state index in [1.165, 1.54) is 23.4 Å². The molecule has 1 aromatic heterocycles. The lowest BCUT2D eigenvalue weighted by molar-refractivity contribution is -0.139. The minimum atomic E-state index is -4.68. The van der Waals surface area contributed by atoms with Gasteiger partial charge in [-0.15, -0.1) is 0 Å². The number of hydrogen-bond donors (Lipinski definition) is 0. The van der Waals surface area contributed by atoms with Gasteiger partial charge in [-0.1, -0.05) is 24.3 Å². The summed E-state index contributed by atoms with van der Waals surface area (Å²) in [6.07, 6.45) is 0.297. The molecule has 0 saturated heterocycles. The molecule has 8 heteroatoms. The van der Waals surface area contributed by atoms with Crippen molar-refractivity contribution in [1.82, 2.24) is 14.8 Å². The zero-order valence-electron chi connectivity index (χ0n) is 13.2. The Labute approximate surface area is 145 Å². The van der Waals surface area contributed by atoms with E-state index in [0.717, 1.165) is 6.08 Å². The minimum Gasteiger partial charge on any atom is -0.223 e. The van der Waals surface area contributed by atoms with Gasteiger partial charge in [-0.2, -0.15) is 18.3 Å². The lowest BCUT2D eigenvalue weighted by Crippen LogP contribution is -2.19. The molecule has 1 unspecified atom stereocenters. The molecule has 1 heterocycles. The first-order valence-electron chi connectivity index (χ1n) is 7.49. The Morgan fingerprint density at radius 3 is 2.15 bits per heavy atom. The first-order chi connectivity index (χ1) is 12.3. The number of halogens is 5. The second kappa shape index (κ2) is 7.07. The SMILES string of the molecule is Fc1cc(F)cc(C(/C=C/c2ccc(-n3cncn3)cc2)C(F)(F)F)c1. The predicted octanol–water partition coefficient (Wildman–Crippen LogP) is 4.90. The van der Waals surface area contributed by atoms with Gasteiger partial charge in [0.2, 0.25) is 0 Å². The maximum absolute atomic E-state index is 13.3. The van der Waals surface area contributed by atoms with E-state index in [1.54, 1.807) is 24.3 Å². The van der Waals surface area contributed by atoms with Crippen molar-refractivity contribution in [3.63, 3.8) is 0 Å². The Morgan fingerprint density at radius 1 is 0.962 bits per heavy atom. The van der Waals surface area contributed by atoms with E-state index >= 15 is 0 Å². The van der Waals surface area contributed by atoms with Crippen molar-refractivity contribution in [3.8, 4) is 5.69 Å². The largest absolute Gasteiger partial charge is 0.399 e. The summed E-state index contributed by atoms with van der Waals surface area (Å²) >= 11 is 0. The van der Waals surface area contributed by atoms with Crippen LogP contribution in [0.25, 0.3) is 11.8 Å². The Kier molecular flexibility index (Phi) is 4.83. The number of hydrogen-bond acceptors (Lipinski definition) is 2. The van der Waals surface area contributed by atoms with E-state index in [4.69, 9.17) is 0 Å². The highest BCUT2D eigenvalue weighted by atomic mass is 19.4. The average molecular weight is 365 g/mol. The molecule has 0 aliphatic rings. The molecule has 3 aromatic rings. The van der Waals surface area contributed by atoms with Crippen LogP contribution in [0.4, 0.5) is 22.0 Å². The summed E-state index contributed by atoms with van der Waals surface area (Å²) in [5, 5.41) is 3.95. The van der Waals surface area contributed by atoms with Crippen molar-refractivity contribution in [1.29, 1.82) is 0 Å². The van der Waals surface area contributed by atoms with Crippen LogP contribution < -0.4 is 0 Å². The molecule has 0 saturated carbocycles. The second-order valence-electron chi connectivity index (χ2n) is 5.51. The van der Waals surface area contributed by atoms with Gasteiger partial charge in [0, 0.05) is 6.07 Å². The zero-order chi connectivity index (χ0) is 18.7. The molecule has 0 radical (unpaired) electrons. The van der Waals surface area contributed by atoms with Gasteiger partial charge >= 0.3 is 6.18 Å². The smallest absolute Gasteiger partial charge is 0.223 e. The number of nitrogens with zero attached hydrogens (tertiary/aromatic N) is 3. The van der Waals surface area contributed by atoms with Gasteiger partial charge in [0.25, 0.3) is 0 Å². The van der Waals surface area contributed by atoms with Crippen molar-refractivity contribution in [2.24, 2.45) is 0 Å². The van der Waals surface area contributed by atoms with Crippen molar-refractivity contribution in [3.05, 3.63) is 84.0 Å². The van der Waals surface area contributed by atoms with Crippen LogP contribution in [0.1, 0.15) is 17.0 Å². The fraction of sp³-hybridized carbons (Fsp3) is 0.111. The van der Waals surface area contributed by atoms with Crippen LogP contribution in [0.2, 0.25) is 0 Å². The third-order valence-corrected chi connectivity index (χ3v) is 3.65. The molecular formula is C18H12F5N3. The molecule has 26 heavy (non-hydrogen) atoms. The molecule has 0 aliphatic heterocycles. The van der Waals surface area contributed by atoms with E-state index in [0.29, 0.717) is 29.4 Å². The summed E-state index contributed by atoms with van der Waals surface area (Å²) in [7, 11) is 0. The summed E-state index contributed by atoms with van der Waals surface area (Å²) < 4.78 is 68.0. The van der Waals surface area contributed by atoms with E-state index in [9.17, 15) is 22.0 Å². The van der Waals surface area contributed by atoms with Crippen LogP contribution >= 0.6 is 0 Å². The summed E-state index contributed by atoms with van der Waals surface area (Å²) in [5.41, 5.74) is 0.699. The molecule has 3 rings (SSSR count). The predicted molar refractivity (Wildman–Crippen MR) is 85.5 cm³/mol. The Morgan fingerprint density at radius 2 is 1.62 bits per heavy atom. The van der Waals surface area contributed by atoms with Crippen LogP contribution in [0.15, 0.2) is 61.2 Å². The minimum absolute atomic E-state index is 0.495. The fourth-order valence-electron chi connectivity index (χ4n) is 2.45. The maximum atomic E-state index is 13.3. The van der Waals surface area contributed by atoms with Gasteiger partial charge in [0.15, 0.2) is 0 Å². The Bertz CT molecular complexity index is 879. The highest BCUT2D eigenvalue weighted by molar-refractivity contribution is 5.53. The van der Waals surface area contributed by atoms with Crippen molar-refractivity contribution in [2.75, 3.05) is 0 Å². The van der Waals surface area contributed by atoms with Crippen molar-refractivity contribution in [2.45, 2.75) is 12.1 Å². The molecule has 0 spiro atoms. The fourth-order valence-corrected chi connectivity index (χ4v) is 2.45. The van der Waals surface area contributed by atoms with Crippen LogP contribution in [0.5, 0.6) is 0 Å². The molecule has 1 atom stereocenters. The lowest BCUT2D eigenvalue weighted by atomic mass is 9.96. The molecule has 0 N–H and O–H groups in total. The van der Waals surface area contributed by atoms with Gasteiger partial charge < -0.3 is 0 Å². The quantitative estimate of drug-likeness (QED) is 0.616. The molecule has 2 aromatic carbocycles. The summed E-state index contributed by atoms with van der Waals surface area (Å²) in [6, 6.07) is 8.43. The van der Waals surface area contributed by atoms with Gasteiger partial charge in [0.05, 0.1) is 11.6 Å². The summed E-state index contributed by atoms with van der Waals surface area (Å²) in [4.78, 5) is 3.81. The number of rotatable bonds is 4. The Hall–Kier alpha value is -3.03. The van der Waals surface area contributed by atoms with Crippen molar-refractivity contribution < 1.29 is 22.0 Å². The lowest BCUT2D eigenvalue weighted by Gasteiger charge is -2.17. The normalized spacial score (nSPS) is 13.3. The average Bonchev–Trinajstić information content (AvgIpc) is 3.08. The van der Waals surface area contributed by atoms with E-state index in [1.807, 2.05) is 0 Å². The topological polar surface area (TPSA) is 30.7 Å². The number of benzene rings is 2. The van der Waals surface area contributed by atoms with Crippen LogP contribution in [-0.4, -0.2) is 20.9 Å². The third kappa shape index (κ3) is 4.14. The van der Waals surface area contributed by atoms with E-state index < -0.39 is 29.3 Å². The van der Waals surface area contributed by atoms with Crippen LogP contribution in [-0.2, 0) is 0 Å². The highest BCUT2D eigenvalue weighted by Gasteiger charge is 2.39. The molecule has 134 valence electrons. The molecule has 3 nitrogen and oxygen atoms in total. The number of aromatic nitrogens is 3. The molecule has 0 fully saturated rings. The standard InChI is InChI=1S/C18H12F5N3/c19-14-7-13(8-15(20)9-14)17(18(21,22)23)6-3-12-1-4-16(5-2-12)26-11-24-10-25-26/h1-11,17H/b6-3+. The highest BCUT2D eigenvalue weighted by Crippen LogP contribution is 2.37. The first kappa shape index (κ1) is 17.8.